The van der Waals surface area contributed by atoms with E-state index >= 15 is 0 Å². The minimum Gasteiger partial charge on any atom is -0.396 e. The van der Waals surface area contributed by atoms with Crippen LogP contribution in [0.1, 0.15) is 59.3 Å². The Morgan fingerprint density at radius 3 is 2.60 bits per heavy atom. The smallest absolute Gasteiger partial charge is 0.245 e. The third-order valence-electron chi connectivity index (χ3n) is 7.48. The maximum atomic E-state index is 13.6. The molecule has 0 aromatic heterocycles. The van der Waals surface area contributed by atoms with E-state index in [1.165, 1.54) is 0 Å². The number of nitrogens with zero attached hydrogens (tertiary/aromatic N) is 1. The summed E-state index contributed by atoms with van der Waals surface area (Å²) in [7, 11) is 1.57. The predicted octanol–water partition coefficient (Wildman–Crippen LogP) is 0.822. The first kappa shape index (κ1) is 23.0. The Hall–Kier alpha value is -1.67. The zero-order valence-electron chi connectivity index (χ0n) is 18.7. The third-order valence-corrected chi connectivity index (χ3v) is 7.48. The van der Waals surface area contributed by atoms with Gasteiger partial charge in [0.25, 0.3) is 0 Å². The van der Waals surface area contributed by atoms with E-state index in [0.29, 0.717) is 32.4 Å². The first-order chi connectivity index (χ1) is 14.3. The highest BCUT2D eigenvalue weighted by Crippen LogP contribution is 2.65. The summed E-state index contributed by atoms with van der Waals surface area (Å²) in [5.41, 5.74) is -1.74. The zero-order valence-corrected chi connectivity index (χ0v) is 18.7. The highest BCUT2D eigenvalue weighted by Gasteiger charge is 2.79. The van der Waals surface area contributed by atoms with E-state index in [0.717, 1.165) is 19.3 Å². The first-order valence-electron chi connectivity index (χ1n) is 11.4. The summed E-state index contributed by atoms with van der Waals surface area (Å²) in [6, 6.07) is -0.741. The van der Waals surface area contributed by atoms with Crippen molar-refractivity contribution in [3.8, 4) is 0 Å². The molecule has 3 N–H and O–H groups in total. The number of nitrogens with one attached hydrogen (secondary N) is 2. The van der Waals surface area contributed by atoms with E-state index in [1.54, 1.807) is 11.9 Å². The summed E-state index contributed by atoms with van der Waals surface area (Å²) in [6.07, 6.45) is 4.71. The SMILES string of the molecule is CCCCCNC(=O)C1N(CCCCO)C(=O)[C@@H]2[C@@H](C(=O)NC)[C@]3(C)OC12CC3C. The van der Waals surface area contributed by atoms with Crippen LogP contribution in [0.25, 0.3) is 0 Å². The number of aliphatic hydroxyl groups is 1. The van der Waals surface area contributed by atoms with Gasteiger partial charge in [-0.05, 0) is 38.5 Å². The molecule has 0 saturated carbocycles. The molecule has 6 atom stereocenters. The van der Waals surface area contributed by atoms with Gasteiger partial charge >= 0.3 is 0 Å². The maximum absolute atomic E-state index is 13.6. The van der Waals surface area contributed by atoms with E-state index in [2.05, 4.69) is 17.6 Å². The van der Waals surface area contributed by atoms with E-state index < -0.39 is 29.1 Å². The van der Waals surface area contributed by atoms with E-state index in [1.807, 2.05) is 13.8 Å². The Bertz CT molecular complexity index is 686. The van der Waals surface area contributed by atoms with Crippen molar-refractivity contribution in [2.75, 3.05) is 26.7 Å². The van der Waals surface area contributed by atoms with Gasteiger partial charge in [-0.25, -0.2) is 0 Å². The average molecular weight is 424 g/mol. The standard InChI is InChI=1S/C22H37N3O5/c1-5-6-7-10-24-19(28)17-22-13-14(2)21(3,30-22)15(18(27)23-4)16(22)20(29)25(17)11-8-9-12-26/h14-17,26H,5-13H2,1-4H3,(H,23,27)(H,24,28)/t14?,15-,16-,17?,21+,22?/m0/s1. The minimum absolute atomic E-state index is 0.0386. The zero-order chi connectivity index (χ0) is 22.1. The van der Waals surface area contributed by atoms with Crippen molar-refractivity contribution in [1.82, 2.24) is 15.5 Å². The number of amides is 3. The molecule has 3 amide bonds. The summed E-state index contributed by atoms with van der Waals surface area (Å²) >= 11 is 0. The number of aliphatic hydroxyl groups excluding tert-OH is 1. The van der Waals surface area contributed by atoms with Crippen molar-refractivity contribution in [3.05, 3.63) is 0 Å². The van der Waals surface area contributed by atoms with Crippen LogP contribution >= 0.6 is 0 Å². The molecule has 3 fully saturated rings. The lowest BCUT2D eigenvalue weighted by Crippen LogP contribution is -2.56. The van der Waals surface area contributed by atoms with Gasteiger partial charge in [0.2, 0.25) is 17.7 Å². The van der Waals surface area contributed by atoms with Crippen molar-refractivity contribution in [2.24, 2.45) is 17.8 Å². The van der Waals surface area contributed by atoms with Gasteiger partial charge in [-0.1, -0.05) is 26.7 Å². The molecule has 8 heteroatoms. The predicted molar refractivity (Wildman–Crippen MR) is 111 cm³/mol. The van der Waals surface area contributed by atoms with E-state index in [-0.39, 0.29) is 30.2 Å². The summed E-state index contributed by atoms with van der Waals surface area (Å²) in [4.78, 5) is 41.4. The maximum Gasteiger partial charge on any atom is 0.245 e. The second kappa shape index (κ2) is 8.83. The second-order valence-corrected chi connectivity index (χ2v) is 9.28. The number of hydrogen-bond donors (Lipinski definition) is 3. The highest BCUT2D eigenvalue weighted by atomic mass is 16.5. The molecular formula is C22H37N3O5. The van der Waals surface area contributed by atoms with Gasteiger partial charge in [0, 0.05) is 26.7 Å². The molecule has 0 aliphatic carbocycles. The van der Waals surface area contributed by atoms with Gasteiger partial charge in [-0.15, -0.1) is 0 Å². The van der Waals surface area contributed by atoms with Crippen LogP contribution in [-0.4, -0.2) is 71.7 Å². The van der Waals surface area contributed by atoms with Crippen molar-refractivity contribution < 1.29 is 24.2 Å². The average Bonchev–Trinajstić information content (AvgIpc) is 3.22. The summed E-state index contributed by atoms with van der Waals surface area (Å²) in [6.45, 7) is 7.03. The molecule has 0 aromatic rings. The number of ether oxygens (including phenoxy) is 1. The quantitative estimate of drug-likeness (QED) is 0.451. The molecule has 3 aliphatic rings. The fraction of sp³-hybridized carbons (Fsp3) is 0.864. The normalized spacial score (nSPS) is 36.8. The third kappa shape index (κ3) is 3.42. The van der Waals surface area contributed by atoms with Gasteiger partial charge in [0.1, 0.15) is 11.6 Å². The molecule has 3 saturated heterocycles. The number of fused-ring (bicyclic) bond motifs is 1. The fourth-order valence-corrected chi connectivity index (χ4v) is 5.91. The minimum atomic E-state index is -0.976. The van der Waals surface area contributed by atoms with E-state index in [9.17, 15) is 14.4 Å². The number of rotatable bonds is 10. The second-order valence-electron chi connectivity index (χ2n) is 9.28. The Labute approximate surface area is 179 Å². The Balaban J connectivity index is 1.94. The van der Waals surface area contributed by atoms with Crippen LogP contribution < -0.4 is 10.6 Å². The molecule has 8 nitrogen and oxygen atoms in total. The monoisotopic (exact) mass is 423 g/mol. The molecule has 3 unspecified atom stereocenters. The summed E-state index contributed by atoms with van der Waals surface area (Å²) in [5.74, 6) is -1.79. The van der Waals surface area contributed by atoms with Crippen LogP contribution in [0.2, 0.25) is 0 Å². The molecule has 2 bridgehead atoms. The number of carbonyl (C=O) groups is 3. The largest absolute Gasteiger partial charge is 0.396 e. The van der Waals surface area contributed by atoms with Crippen LogP contribution in [0.5, 0.6) is 0 Å². The molecule has 0 aromatic carbocycles. The lowest BCUT2D eigenvalue weighted by atomic mass is 9.62. The summed E-state index contributed by atoms with van der Waals surface area (Å²) in [5, 5.41) is 14.9. The first-order valence-corrected chi connectivity index (χ1v) is 11.4. The fourth-order valence-electron chi connectivity index (χ4n) is 5.91. The van der Waals surface area contributed by atoms with Crippen molar-refractivity contribution in [1.29, 1.82) is 0 Å². The topological polar surface area (TPSA) is 108 Å². The van der Waals surface area contributed by atoms with Crippen molar-refractivity contribution in [2.45, 2.75) is 76.5 Å². The molecule has 170 valence electrons. The Kier molecular flexibility index (Phi) is 6.77. The molecule has 3 rings (SSSR count). The van der Waals surface area contributed by atoms with Crippen molar-refractivity contribution >= 4 is 17.7 Å². The van der Waals surface area contributed by atoms with Gasteiger partial charge < -0.3 is 25.4 Å². The van der Waals surface area contributed by atoms with Gasteiger partial charge in [0.15, 0.2) is 0 Å². The van der Waals surface area contributed by atoms with Crippen LogP contribution in [0.4, 0.5) is 0 Å². The van der Waals surface area contributed by atoms with Gasteiger partial charge in [0.05, 0.1) is 17.4 Å². The van der Waals surface area contributed by atoms with Crippen molar-refractivity contribution in [3.63, 3.8) is 0 Å². The summed E-state index contributed by atoms with van der Waals surface area (Å²) < 4.78 is 6.55. The number of carbonyl (C=O) groups excluding carboxylic acids is 3. The molecule has 0 radical (unpaired) electrons. The molecule has 30 heavy (non-hydrogen) atoms. The van der Waals surface area contributed by atoms with Crippen LogP contribution in [0.3, 0.4) is 0 Å². The number of hydrogen-bond acceptors (Lipinski definition) is 5. The molecule has 3 aliphatic heterocycles. The highest BCUT2D eigenvalue weighted by molar-refractivity contribution is 5.99. The lowest BCUT2D eigenvalue weighted by Gasteiger charge is -2.36. The lowest BCUT2D eigenvalue weighted by molar-refractivity contribution is -0.147. The van der Waals surface area contributed by atoms with E-state index in [4.69, 9.17) is 9.84 Å². The number of unbranched alkanes of at least 4 members (excludes halogenated alkanes) is 3. The Morgan fingerprint density at radius 1 is 1.23 bits per heavy atom. The molecule has 3 heterocycles. The Morgan fingerprint density at radius 2 is 1.97 bits per heavy atom. The van der Waals surface area contributed by atoms with Gasteiger partial charge in [-0.2, -0.15) is 0 Å². The number of likely N-dealkylation sites (tertiary alicyclic amines) is 1. The molecular weight excluding hydrogens is 386 g/mol. The molecule has 1 spiro atoms. The van der Waals surface area contributed by atoms with Crippen LogP contribution in [0, 0.1) is 17.8 Å². The van der Waals surface area contributed by atoms with Gasteiger partial charge in [-0.3, -0.25) is 14.4 Å². The van der Waals surface area contributed by atoms with Crippen LogP contribution in [-0.2, 0) is 19.1 Å². The van der Waals surface area contributed by atoms with Crippen LogP contribution in [0.15, 0.2) is 0 Å².